The molecule has 1 fully saturated rings. The van der Waals surface area contributed by atoms with E-state index in [0.717, 1.165) is 18.4 Å². The highest BCUT2D eigenvalue weighted by Gasteiger charge is 2.38. The molecule has 0 spiro atoms. The van der Waals surface area contributed by atoms with Crippen LogP contribution in [0.15, 0.2) is 16.8 Å². The van der Waals surface area contributed by atoms with Gasteiger partial charge in [0.1, 0.15) is 0 Å². The van der Waals surface area contributed by atoms with Crippen molar-refractivity contribution < 1.29 is 0 Å². The molecule has 0 saturated heterocycles. The van der Waals surface area contributed by atoms with Gasteiger partial charge in [-0.3, -0.25) is 0 Å². The van der Waals surface area contributed by atoms with Crippen molar-refractivity contribution in [1.82, 2.24) is 5.32 Å². The highest BCUT2D eigenvalue weighted by molar-refractivity contribution is 7.07. The molecule has 14 heavy (non-hydrogen) atoms. The number of hydrogen-bond acceptors (Lipinski definition) is 2. The smallest absolute Gasteiger partial charge is 0.0138 e. The molecule has 1 heterocycles. The molecule has 1 aromatic heterocycles. The zero-order valence-corrected chi connectivity index (χ0v) is 9.81. The number of nitrogens with one attached hydrogen (secondary N) is 1. The van der Waals surface area contributed by atoms with Gasteiger partial charge in [-0.1, -0.05) is 13.8 Å². The molecule has 0 aromatic carbocycles. The highest BCUT2D eigenvalue weighted by Crippen LogP contribution is 2.41. The van der Waals surface area contributed by atoms with E-state index in [0.29, 0.717) is 6.04 Å². The van der Waals surface area contributed by atoms with Crippen molar-refractivity contribution in [2.24, 2.45) is 11.8 Å². The van der Waals surface area contributed by atoms with Gasteiger partial charge in [0.25, 0.3) is 0 Å². The lowest BCUT2D eigenvalue weighted by Gasteiger charge is -2.16. The van der Waals surface area contributed by atoms with E-state index in [1.807, 2.05) is 0 Å². The van der Waals surface area contributed by atoms with Gasteiger partial charge in [0.15, 0.2) is 0 Å². The van der Waals surface area contributed by atoms with E-state index in [1.54, 1.807) is 11.3 Å². The SMILES string of the molecule is CCNC(Cc1ccsc1)C1CC1C. The van der Waals surface area contributed by atoms with Gasteiger partial charge in [0, 0.05) is 6.04 Å². The minimum absolute atomic E-state index is 0.713. The molecule has 2 rings (SSSR count). The molecule has 2 heteroatoms. The quantitative estimate of drug-likeness (QED) is 0.786. The largest absolute Gasteiger partial charge is 0.314 e. The maximum atomic E-state index is 3.62. The summed E-state index contributed by atoms with van der Waals surface area (Å²) in [5.41, 5.74) is 1.50. The molecule has 0 bridgehead atoms. The number of rotatable bonds is 5. The lowest BCUT2D eigenvalue weighted by Crippen LogP contribution is -2.33. The van der Waals surface area contributed by atoms with Crippen LogP contribution in [0.4, 0.5) is 0 Å². The summed E-state index contributed by atoms with van der Waals surface area (Å²) in [6.07, 6.45) is 2.63. The minimum Gasteiger partial charge on any atom is -0.314 e. The van der Waals surface area contributed by atoms with E-state index in [-0.39, 0.29) is 0 Å². The molecule has 1 saturated carbocycles. The first kappa shape index (κ1) is 10.2. The summed E-state index contributed by atoms with van der Waals surface area (Å²) in [4.78, 5) is 0. The van der Waals surface area contributed by atoms with Crippen LogP contribution in [-0.2, 0) is 6.42 Å². The van der Waals surface area contributed by atoms with Crippen molar-refractivity contribution in [2.45, 2.75) is 32.7 Å². The van der Waals surface area contributed by atoms with Gasteiger partial charge in [0.2, 0.25) is 0 Å². The fourth-order valence-corrected chi connectivity index (χ4v) is 2.89. The molecule has 1 aliphatic rings. The van der Waals surface area contributed by atoms with Crippen LogP contribution < -0.4 is 5.32 Å². The van der Waals surface area contributed by atoms with Gasteiger partial charge in [-0.15, -0.1) is 0 Å². The first-order valence-electron chi connectivity index (χ1n) is 5.55. The van der Waals surface area contributed by atoms with Crippen LogP contribution in [-0.4, -0.2) is 12.6 Å². The first-order valence-corrected chi connectivity index (χ1v) is 6.50. The summed E-state index contributed by atoms with van der Waals surface area (Å²) < 4.78 is 0. The highest BCUT2D eigenvalue weighted by atomic mass is 32.1. The van der Waals surface area contributed by atoms with Crippen LogP contribution in [0, 0.1) is 11.8 Å². The molecule has 78 valence electrons. The van der Waals surface area contributed by atoms with Crippen LogP contribution in [0.2, 0.25) is 0 Å². The molecule has 0 aliphatic heterocycles. The van der Waals surface area contributed by atoms with Gasteiger partial charge < -0.3 is 5.32 Å². The Labute approximate surface area is 90.5 Å². The maximum Gasteiger partial charge on any atom is 0.0138 e. The predicted molar refractivity (Wildman–Crippen MR) is 62.8 cm³/mol. The molecule has 1 aromatic rings. The Kier molecular flexibility index (Phi) is 3.24. The van der Waals surface area contributed by atoms with E-state index in [1.165, 1.54) is 18.4 Å². The molecule has 1 nitrogen and oxygen atoms in total. The van der Waals surface area contributed by atoms with Crippen molar-refractivity contribution in [1.29, 1.82) is 0 Å². The second-order valence-corrected chi connectivity index (χ2v) is 5.16. The van der Waals surface area contributed by atoms with Crippen molar-refractivity contribution in [3.63, 3.8) is 0 Å². The molecule has 3 unspecified atom stereocenters. The van der Waals surface area contributed by atoms with Crippen LogP contribution in [0.25, 0.3) is 0 Å². The monoisotopic (exact) mass is 209 g/mol. The summed E-state index contributed by atoms with van der Waals surface area (Å²) in [7, 11) is 0. The Hall–Kier alpha value is -0.340. The zero-order valence-electron chi connectivity index (χ0n) is 8.99. The number of thiophene rings is 1. The van der Waals surface area contributed by atoms with Gasteiger partial charge in [-0.05, 0) is 53.6 Å². The third-order valence-electron chi connectivity index (χ3n) is 3.19. The lowest BCUT2D eigenvalue weighted by atomic mass is 10.0. The van der Waals surface area contributed by atoms with E-state index in [4.69, 9.17) is 0 Å². The standard InChI is InChI=1S/C12H19NS/c1-3-13-12(11-6-9(11)2)7-10-4-5-14-8-10/h4-5,8-9,11-13H,3,6-7H2,1-2H3. The van der Waals surface area contributed by atoms with Gasteiger partial charge in [-0.25, -0.2) is 0 Å². The van der Waals surface area contributed by atoms with Crippen molar-refractivity contribution in [3.8, 4) is 0 Å². The summed E-state index contributed by atoms with van der Waals surface area (Å²) in [6, 6.07) is 2.96. The van der Waals surface area contributed by atoms with Crippen LogP contribution in [0.5, 0.6) is 0 Å². The second-order valence-electron chi connectivity index (χ2n) is 4.38. The average Bonchev–Trinajstić information content (AvgIpc) is 2.68. The molecule has 1 aliphatic carbocycles. The van der Waals surface area contributed by atoms with Gasteiger partial charge in [-0.2, -0.15) is 11.3 Å². The summed E-state index contributed by atoms with van der Waals surface area (Å²) >= 11 is 1.80. The Morgan fingerprint density at radius 1 is 1.64 bits per heavy atom. The molecule has 0 amide bonds. The summed E-state index contributed by atoms with van der Waals surface area (Å²) in [5, 5.41) is 8.07. The first-order chi connectivity index (χ1) is 6.81. The fourth-order valence-electron chi connectivity index (χ4n) is 2.21. The minimum atomic E-state index is 0.713. The Bertz CT molecular complexity index is 268. The topological polar surface area (TPSA) is 12.0 Å². The average molecular weight is 209 g/mol. The predicted octanol–water partition coefficient (Wildman–Crippen LogP) is 2.92. The van der Waals surface area contributed by atoms with Crippen LogP contribution >= 0.6 is 11.3 Å². The number of likely N-dealkylation sites (N-methyl/N-ethyl adjacent to an activating group) is 1. The van der Waals surface area contributed by atoms with Crippen LogP contribution in [0.1, 0.15) is 25.8 Å². The van der Waals surface area contributed by atoms with Crippen molar-refractivity contribution >= 4 is 11.3 Å². The molecule has 1 N–H and O–H groups in total. The summed E-state index contributed by atoms with van der Waals surface area (Å²) in [5.74, 6) is 1.87. The maximum absolute atomic E-state index is 3.62. The Morgan fingerprint density at radius 3 is 2.93 bits per heavy atom. The van der Waals surface area contributed by atoms with Crippen molar-refractivity contribution in [2.75, 3.05) is 6.54 Å². The van der Waals surface area contributed by atoms with Crippen LogP contribution in [0.3, 0.4) is 0 Å². The second kappa shape index (κ2) is 4.45. The number of hydrogen-bond donors (Lipinski definition) is 1. The molecule has 0 radical (unpaired) electrons. The van der Waals surface area contributed by atoms with Gasteiger partial charge >= 0.3 is 0 Å². The third-order valence-corrected chi connectivity index (χ3v) is 3.92. The van der Waals surface area contributed by atoms with Gasteiger partial charge in [0.05, 0.1) is 0 Å². The van der Waals surface area contributed by atoms with E-state index in [9.17, 15) is 0 Å². The van der Waals surface area contributed by atoms with Crippen molar-refractivity contribution in [3.05, 3.63) is 22.4 Å². The molecular weight excluding hydrogens is 190 g/mol. The normalized spacial score (nSPS) is 27.6. The Balaban J connectivity index is 1.91. The Morgan fingerprint density at radius 2 is 2.43 bits per heavy atom. The third kappa shape index (κ3) is 2.37. The van der Waals surface area contributed by atoms with E-state index >= 15 is 0 Å². The molecular formula is C12H19NS. The zero-order chi connectivity index (χ0) is 9.97. The van der Waals surface area contributed by atoms with E-state index < -0.39 is 0 Å². The molecule has 3 atom stereocenters. The fraction of sp³-hybridized carbons (Fsp3) is 0.667. The summed E-state index contributed by atoms with van der Waals surface area (Å²) in [6.45, 7) is 5.66. The van der Waals surface area contributed by atoms with E-state index in [2.05, 4.69) is 36.0 Å². The lowest BCUT2D eigenvalue weighted by molar-refractivity contribution is 0.455.